The zero-order valence-corrected chi connectivity index (χ0v) is 17.3. The molecule has 0 fully saturated rings. The third-order valence-electron chi connectivity index (χ3n) is 5.56. The van der Waals surface area contributed by atoms with Crippen molar-refractivity contribution in [3.05, 3.63) is 95.9 Å². The number of benzene rings is 3. The molecule has 0 aliphatic carbocycles. The van der Waals surface area contributed by atoms with Crippen LogP contribution in [0.3, 0.4) is 0 Å². The highest BCUT2D eigenvalue weighted by molar-refractivity contribution is 5.89. The van der Waals surface area contributed by atoms with Crippen LogP contribution in [0, 0.1) is 5.82 Å². The van der Waals surface area contributed by atoms with Crippen molar-refractivity contribution in [2.24, 2.45) is 0 Å². The number of hydrogen-bond acceptors (Lipinski definition) is 2. The number of aliphatic hydroxyl groups is 1. The fourth-order valence-corrected chi connectivity index (χ4v) is 3.84. The van der Waals surface area contributed by atoms with E-state index in [2.05, 4.69) is 24.5 Å². The summed E-state index contributed by atoms with van der Waals surface area (Å²) in [5, 5.41) is 10.6. The van der Waals surface area contributed by atoms with Gasteiger partial charge in [0, 0.05) is 28.8 Å². The molecule has 30 heavy (non-hydrogen) atoms. The van der Waals surface area contributed by atoms with Crippen molar-refractivity contribution in [2.75, 3.05) is 6.61 Å². The van der Waals surface area contributed by atoms with Gasteiger partial charge in [-0.1, -0.05) is 50.2 Å². The van der Waals surface area contributed by atoms with Crippen molar-refractivity contribution in [1.82, 2.24) is 4.57 Å². The Morgan fingerprint density at radius 3 is 2.37 bits per heavy atom. The first-order valence-electron chi connectivity index (χ1n) is 10.2. The highest BCUT2D eigenvalue weighted by Crippen LogP contribution is 2.38. The topological polar surface area (TPSA) is 34.4 Å². The molecule has 1 N–H and O–H groups in total. The van der Waals surface area contributed by atoms with Crippen LogP contribution in [0.1, 0.15) is 31.5 Å². The van der Waals surface area contributed by atoms with E-state index < -0.39 is 0 Å². The largest absolute Gasteiger partial charge is 0.488 e. The van der Waals surface area contributed by atoms with E-state index >= 15 is 0 Å². The summed E-state index contributed by atoms with van der Waals surface area (Å²) in [5.74, 6) is 0.538. The Labute approximate surface area is 176 Å². The van der Waals surface area contributed by atoms with E-state index in [0.29, 0.717) is 13.0 Å². The molecule has 4 heteroatoms. The molecule has 1 heterocycles. The second-order valence-corrected chi connectivity index (χ2v) is 8.16. The standard InChI is InChI=1S/C26H26FNO2/c1-26(2,15-16-29)25-17-22-23(28(25)21-13-11-20(27)12-14-21)9-6-10-24(22)30-18-19-7-4-3-5-8-19/h3-14,17,29H,15-16,18H2,1-2H3. The summed E-state index contributed by atoms with van der Waals surface area (Å²) in [6.45, 7) is 4.80. The van der Waals surface area contributed by atoms with E-state index in [-0.39, 0.29) is 17.8 Å². The molecular formula is C26H26FNO2. The lowest BCUT2D eigenvalue weighted by molar-refractivity contribution is 0.249. The Morgan fingerprint density at radius 2 is 1.67 bits per heavy atom. The van der Waals surface area contributed by atoms with Crippen molar-refractivity contribution < 1.29 is 14.2 Å². The van der Waals surface area contributed by atoms with Crippen molar-refractivity contribution in [3.63, 3.8) is 0 Å². The summed E-state index contributed by atoms with van der Waals surface area (Å²) in [6.07, 6.45) is 0.616. The van der Waals surface area contributed by atoms with Gasteiger partial charge in [-0.15, -0.1) is 0 Å². The number of aliphatic hydroxyl groups excluding tert-OH is 1. The lowest BCUT2D eigenvalue weighted by atomic mass is 9.85. The van der Waals surface area contributed by atoms with Crippen molar-refractivity contribution >= 4 is 10.9 Å². The second kappa shape index (κ2) is 8.33. The lowest BCUT2D eigenvalue weighted by Gasteiger charge is -2.26. The molecule has 1 aromatic heterocycles. The molecule has 0 unspecified atom stereocenters. The zero-order valence-electron chi connectivity index (χ0n) is 17.3. The number of rotatable bonds is 7. The summed E-state index contributed by atoms with van der Waals surface area (Å²) in [5.41, 5.74) is 3.75. The van der Waals surface area contributed by atoms with Crippen LogP contribution in [0.25, 0.3) is 16.6 Å². The van der Waals surface area contributed by atoms with Gasteiger partial charge in [-0.25, -0.2) is 4.39 Å². The second-order valence-electron chi connectivity index (χ2n) is 8.16. The molecule has 4 rings (SSSR count). The molecule has 0 saturated heterocycles. The first-order valence-corrected chi connectivity index (χ1v) is 10.2. The highest BCUT2D eigenvalue weighted by Gasteiger charge is 2.27. The molecule has 3 nitrogen and oxygen atoms in total. The van der Waals surface area contributed by atoms with Crippen LogP contribution < -0.4 is 4.74 Å². The van der Waals surface area contributed by atoms with Crippen molar-refractivity contribution in [3.8, 4) is 11.4 Å². The van der Waals surface area contributed by atoms with E-state index in [0.717, 1.165) is 33.6 Å². The minimum atomic E-state index is -0.279. The van der Waals surface area contributed by atoms with Crippen LogP contribution in [0.2, 0.25) is 0 Å². The Hall–Kier alpha value is -3.11. The molecule has 3 aromatic carbocycles. The molecule has 0 radical (unpaired) electrons. The van der Waals surface area contributed by atoms with Gasteiger partial charge < -0.3 is 14.4 Å². The van der Waals surface area contributed by atoms with Gasteiger partial charge >= 0.3 is 0 Å². The molecule has 0 saturated carbocycles. The number of hydrogen-bond donors (Lipinski definition) is 1. The van der Waals surface area contributed by atoms with Gasteiger partial charge in [0.05, 0.1) is 5.52 Å². The molecule has 154 valence electrons. The third kappa shape index (κ3) is 3.96. The number of nitrogens with zero attached hydrogens (tertiary/aromatic N) is 1. The normalized spacial score (nSPS) is 11.7. The minimum absolute atomic E-state index is 0.0926. The van der Waals surface area contributed by atoms with Crippen LogP contribution in [-0.2, 0) is 12.0 Å². The third-order valence-corrected chi connectivity index (χ3v) is 5.56. The number of aromatic nitrogens is 1. The number of fused-ring (bicyclic) bond motifs is 1. The van der Waals surface area contributed by atoms with Gasteiger partial charge in [-0.2, -0.15) is 0 Å². The number of ether oxygens (including phenoxy) is 1. The number of halogens is 1. The van der Waals surface area contributed by atoms with Gasteiger partial charge in [-0.3, -0.25) is 0 Å². The Bertz CT molecular complexity index is 1130. The summed E-state index contributed by atoms with van der Waals surface area (Å²) >= 11 is 0. The molecule has 0 atom stereocenters. The van der Waals surface area contributed by atoms with Crippen molar-refractivity contribution in [1.29, 1.82) is 0 Å². The van der Waals surface area contributed by atoms with E-state index in [1.165, 1.54) is 12.1 Å². The summed E-state index contributed by atoms with van der Waals surface area (Å²) in [4.78, 5) is 0. The van der Waals surface area contributed by atoms with Crippen LogP contribution in [0.15, 0.2) is 78.9 Å². The summed E-state index contributed by atoms with van der Waals surface area (Å²) in [7, 11) is 0. The van der Waals surface area contributed by atoms with Crippen LogP contribution in [0.4, 0.5) is 4.39 Å². The van der Waals surface area contributed by atoms with Crippen LogP contribution in [-0.4, -0.2) is 16.3 Å². The molecule has 0 aliphatic rings. The average molecular weight is 403 g/mol. The first kappa shape index (κ1) is 20.2. The van der Waals surface area contributed by atoms with Gasteiger partial charge in [0.2, 0.25) is 0 Å². The molecular weight excluding hydrogens is 377 g/mol. The molecule has 4 aromatic rings. The van der Waals surface area contributed by atoms with E-state index in [1.807, 2.05) is 48.5 Å². The predicted molar refractivity (Wildman–Crippen MR) is 119 cm³/mol. The Morgan fingerprint density at radius 1 is 0.933 bits per heavy atom. The molecule has 0 bridgehead atoms. The maximum atomic E-state index is 13.6. The van der Waals surface area contributed by atoms with Gasteiger partial charge in [0.15, 0.2) is 0 Å². The van der Waals surface area contributed by atoms with E-state index in [9.17, 15) is 9.50 Å². The maximum Gasteiger partial charge on any atom is 0.129 e. The zero-order chi connectivity index (χ0) is 21.1. The van der Waals surface area contributed by atoms with Crippen molar-refractivity contribution in [2.45, 2.75) is 32.3 Å². The maximum absolute atomic E-state index is 13.6. The van der Waals surface area contributed by atoms with Crippen LogP contribution in [0.5, 0.6) is 5.75 Å². The van der Waals surface area contributed by atoms with Gasteiger partial charge in [0.1, 0.15) is 18.2 Å². The SMILES string of the molecule is CC(C)(CCO)c1cc2c(OCc3ccccc3)cccc2n1-c1ccc(F)cc1. The highest BCUT2D eigenvalue weighted by atomic mass is 19.1. The lowest BCUT2D eigenvalue weighted by Crippen LogP contribution is -2.22. The Kier molecular flexibility index (Phi) is 5.60. The summed E-state index contributed by atoms with van der Waals surface area (Å²) < 4.78 is 21.9. The Balaban J connectivity index is 1.84. The molecule has 0 amide bonds. The quantitative estimate of drug-likeness (QED) is 0.410. The van der Waals surface area contributed by atoms with Gasteiger partial charge in [-0.05, 0) is 54.4 Å². The summed E-state index contributed by atoms with van der Waals surface area (Å²) in [6, 6.07) is 24.7. The first-order chi connectivity index (χ1) is 14.5. The fourth-order valence-electron chi connectivity index (χ4n) is 3.84. The predicted octanol–water partition coefficient (Wildman–Crippen LogP) is 6.01. The average Bonchev–Trinajstić information content (AvgIpc) is 3.15. The van der Waals surface area contributed by atoms with Crippen LogP contribution >= 0.6 is 0 Å². The van der Waals surface area contributed by atoms with E-state index in [4.69, 9.17) is 4.74 Å². The van der Waals surface area contributed by atoms with Gasteiger partial charge in [0.25, 0.3) is 0 Å². The van der Waals surface area contributed by atoms with E-state index in [1.54, 1.807) is 12.1 Å². The monoisotopic (exact) mass is 403 g/mol. The fraction of sp³-hybridized carbons (Fsp3) is 0.231. The smallest absolute Gasteiger partial charge is 0.129 e. The molecule has 0 aliphatic heterocycles. The molecule has 0 spiro atoms. The minimum Gasteiger partial charge on any atom is -0.488 e.